The quantitative estimate of drug-likeness (QED) is 0.708. The zero-order valence-electron chi connectivity index (χ0n) is 12.3. The third-order valence-corrected chi connectivity index (χ3v) is 4.07. The number of carbonyl (C=O) groups excluding carboxylic acids is 1. The summed E-state index contributed by atoms with van der Waals surface area (Å²) < 4.78 is 0. The van der Waals surface area contributed by atoms with Gasteiger partial charge in [0.25, 0.3) is 0 Å². The van der Waals surface area contributed by atoms with E-state index in [4.69, 9.17) is 0 Å². The molecule has 4 heteroatoms. The van der Waals surface area contributed by atoms with Crippen molar-refractivity contribution >= 4 is 5.78 Å². The predicted octanol–water partition coefficient (Wildman–Crippen LogP) is 1.57. The molecule has 0 bridgehead atoms. The van der Waals surface area contributed by atoms with Crippen LogP contribution in [0.3, 0.4) is 0 Å². The van der Waals surface area contributed by atoms with Gasteiger partial charge in [0.05, 0.1) is 11.7 Å². The van der Waals surface area contributed by atoms with Crippen LogP contribution >= 0.6 is 0 Å². The number of hydrogen-bond acceptors (Lipinski definition) is 4. The molecule has 3 atom stereocenters. The van der Waals surface area contributed by atoms with E-state index in [1.54, 1.807) is 26.8 Å². The highest BCUT2D eigenvalue weighted by Crippen LogP contribution is 2.31. The summed E-state index contributed by atoms with van der Waals surface area (Å²) in [7, 11) is 0. The van der Waals surface area contributed by atoms with Gasteiger partial charge in [0.1, 0.15) is 5.60 Å². The number of aliphatic hydroxyl groups is 3. The summed E-state index contributed by atoms with van der Waals surface area (Å²) in [6.45, 7) is 6.73. The maximum absolute atomic E-state index is 11.7. The first-order valence-corrected chi connectivity index (χ1v) is 6.92. The van der Waals surface area contributed by atoms with Gasteiger partial charge in [-0.05, 0) is 58.4 Å². The summed E-state index contributed by atoms with van der Waals surface area (Å²) in [6.07, 6.45) is 3.15. The Morgan fingerprint density at radius 1 is 1.42 bits per heavy atom. The van der Waals surface area contributed by atoms with Crippen LogP contribution in [0.2, 0.25) is 0 Å². The van der Waals surface area contributed by atoms with E-state index >= 15 is 0 Å². The van der Waals surface area contributed by atoms with Crippen LogP contribution in [0.15, 0.2) is 11.6 Å². The first-order chi connectivity index (χ1) is 8.54. The lowest BCUT2D eigenvalue weighted by Gasteiger charge is -2.30. The normalized spacial score (nSPS) is 27.9. The Morgan fingerprint density at radius 3 is 2.47 bits per heavy atom. The van der Waals surface area contributed by atoms with Crippen LogP contribution in [0, 0.1) is 5.92 Å². The molecule has 0 amide bonds. The summed E-state index contributed by atoms with van der Waals surface area (Å²) in [5.74, 6) is -0.0549. The van der Waals surface area contributed by atoms with E-state index in [1.165, 1.54) is 0 Å². The van der Waals surface area contributed by atoms with Crippen molar-refractivity contribution in [3.8, 4) is 0 Å². The van der Waals surface area contributed by atoms with Crippen LogP contribution < -0.4 is 0 Å². The summed E-state index contributed by atoms with van der Waals surface area (Å²) in [5.41, 5.74) is -1.30. The molecule has 1 aliphatic rings. The Hall–Kier alpha value is -0.710. The zero-order chi connectivity index (χ0) is 14.8. The first kappa shape index (κ1) is 16.3. The Labute approximate surface area is 115 Å². The second-order valence-corrected chi connectivity index (χ2v) is 6.51. The Kier molecular flexibility index (Phi) is 4.93. The summed E-state index contributed by atoms with van der Waals surface area (Å²) in [5, 5.41) is 29.3. The van der Waals surface area contributed by atoms with Crippen LogP contribution in [-0.2, 0) is 4.79 Å². The number of ketones is 1. The van der Waals surface area contributed by atoms with Crippen LogP contribution in [0.4, 0.5) is 0 Å². The van der Waals surface area contributed by atoms with Gasteiger partial charge in [0.2, 0.25) is 0 Å². The minimum atomic E-state index is -1.23. The van der Waals surface area contributed by atoms with Gasteiger partial charge in [-0.1, -0.05) is 12.5 Å². The standard InChI is InChI=1S/C15H26O4/c1-10(5-6-12(16)14(2,3)18)11-7-8-15(4,19)13(17)9-11/h9-10,12,16,18-19H,5-8H2,1-4H3/t10-,12+,15-/m0/s1. The lowest BCUT2D eigenvalue weighted by molar-refractivity contribution is -0.131. The maximum atomic E-state index is 11.7. The van der Waals surface area contributed by atoms with Gasteiger partial charge in [-0.3, -0.25) is 4.79 Å². The minimum Gasteiger partial charge on any atom is -0.390 e. The number of rotatable bonds is 5. The average Bonchev–Trinajstić information content (AvgIpc) is 2.27. The topological polar surface area (TPSA) is 77.8 Å². The molecule has 0 radical (unpaired) electrons. The predicted molar refractivity (Wildman–Crippen MR) is 73.7 cm³/mol. The molecular formula is C15H26O4. The fourth-order valence-corrected chi connectivity index (χ4v) is 2.24. The van der Waals surface area contributed by atoms with E-state index < -0.39 is 17.3 Å². The summed E-state index contributed by atoms with van der Waals surface area (Å²) >= 11 is 0. The van der Waals surface area contributed by atoms with Crippen molar-refractivity contribution < 1.29 is 20.1 Å². The highest BCUT2D eigenvalue weighted by atomic mass is 16.3. The molecule has 0 aromatic rings. The Bertz CT molecular complexity index is 363. The van der Waals surface area contributed by atoms with Crippen molar-refractivity contribution in [1.29, 1.82) is 0 Å². The number of hydrogen-bond donors (Lipinski definition) is 3. The number of allylic oxidation sites excluding steroid dienone is 1. The molecule has 110 valence electrons. The molecule has 0 fully saturated rings. The van der Waals surface area contributed by atoms with Crippen molar-refractivity contribution in [1.82, 2.24) is 0 Å². The second-order valence-electron chi connectivity index (χ2n) is 6.51. The third-order valence-electron chi connectivity index (χ3n) is 4.07. The van der Waals surface area contributed by atoms with E-state index in [-0.39, 0.29) is 11.7 Å². The smallest absolute Gasteiger partial charge is 0.186 e. The molecule has 0 saturated heterocycles. The molecule has 19 heavy (non-hydrogen) atoms. The molecule has 3 N–H and O–H groups in total. The maximum Gasteiger partial charge on any atom is 0.186 e. The number of aliphatic hydroxyl groups excluding tert-OH is 1. The largest absolute Gasteiger partial charge is 0.390 e. The van der Waals surface area contributed by atoms with E-state index in [9.17, 15) is 20.1 Å². The average molecular weight is 270 g/mol. The van der Waals surface area contributed by atoms with Gasteiger partial charge in [-0.2, -0.15) is 0 Å². The molecule has 1 aliphatic carbocycles. The van der Waals surface area contributed by atoms with Gasteiger partial charge in [0, 0.05) is 0 Å². The van der Waals surface area contributed by atoms with Crippen LogP contribution in [0.25, 0.3) is 0 Å². The molecular weight excluding hydrogens is 244 g/mol. The molecule has 0 heterocycles. The number of carbonyl (C=O) groups is 1. The van der Waals surface area contributed by atoms with Crippen molar-refractivity contribution in [2.45, 2.75) is 70.7 Å². The van der Waals surface area contributed by atoms with Gasteiger partial charge < -0.3 is 15.3 Å². The van der Waals surface area contributed by atoms with E-state index in [2.05, 4.69) is 0 Å². The molecule has 4 nitrogen and oxygen atoms in total. The van der Waals surface area contributed by atoms with Crippen molar-refractivity contribution in [3.63, 3.8) is 0 Å². The second kappa shape index (κ2) is 5.73. The van der Waals surface area contributed by atoms with Crippen LogP contribution in [0.1, 0.15) is 53.4 Å². The van der Waals surface area contributed by atoms with Gasteiger partial charge in [0.15, 0.2) is 5.78 Å². The molecule has 0 unspecified atom stereocenters. The molecule has 0 spiro atoms. The van der Waals surface area contributed by atoms with Crippen LogP contribution in [-0.4, -0.2) is 38.4 Å². The fraction of sp³-hybridized carbons (Fsp3) is 0.800. The lowest BCUT2D eigenvalue weighted by atomic mass is 9.80. The monoisotopic (exact) mass is 270 g/mol. The van der Waals surface area contributed by atoms with Gasteiger partial charge in [-0.15, -0.1) is 0 Å². The van der Waals surface area contributed by atoms with Crippen molar-refractivity contribution in [3.05, 3.63) is 11.6 Å². The van der Waals surface area contributed by atoms with E-state index in [0.717, 1.165) is 5.57 Å². The Balaban J connectivity index is 2.56. The van der Waals surface area contributed by atoms with Gasteiger partial charge >= 0.3 is 0 Å². The van der Waals surface area contributed by atoms with Crippen LogP contribution in [0.5, 0.6) is 0 Å². The molecule has 0 aliphatic heterocycles. The van der Waals surface area contributed by atoms with E-state index in [1.807, 2.05) is 6.92 Å². The Morgan fingerprint density at radius 2 is 2.00 bits per heavy atom. The minimum absolute atomic E-state index is 0.178. The molecule has 0 aromatic carbocycles. The van der Waals surface area contributed by atoms with Crippen molar-refractivity contribution in [2.24, 2.45) is 5.92 Å². The molecule has 0 saturated carbocycles. The third kappa shape index (κ3) is 4.41. The lowest BCUT2D eigenvalue weighted by Crippen LogP contribution is -2.37. The highest BCUT2D eigenvalue weighted by molar-refractivity contribution is 5.97. The van der Waals surface area contributed by atoms with Gasteiger partial charge in [-0.25, -0.2) is 0 Å². The van der Waals surface area contributed by atoms with Crippen molar-refractivity contribution in [2.75, 3.05) is 0 Å². The van der Waals surface area contributed by atoms with E-state index in [0.29, 0.717) is 25.7 Å². The summed E-state index contributed by atoms with van der Waals surface area (Å²) in [4.78, 5) is 11.7. The highest BCUT2D eigenvalue weighted by Gasteiger charge is 2.33. The summed E-state index contributed by atoms with van der Waals surface area (Å²) in [6, 6.07) is 0. The SMILES string of the molecule is C[C@@H](CC[C@@H](O)C(C)(C)O)C1=CC(=O)[C@@](C)(O)CC1. The first-order valence-electron chi connectivity index (χ1n) is 6.92. The fourth-order valence-electron chi connectivity index (χ4n) is 2.24. The zero-order valence-corrected chi connectivity index (χ0v) is 12.3. The molecule has 1 rings (SSSR count). The molecule has 0 aromatic heterocycles.